The molecule has 3 rings (SSSR count). The molecule has 0 saturated carbocycles. The summed E-state index contributed by atoms with van der Waals surface area (Å²) in [4.78, 5) is 24.1. The predicted molar refractivity (Wildman–Crippen MR) is 110 cm³/mol. The minimum Gasteiger partial charge on any atom is -0.466 e. The summed E-state index contributed by atoms with van der Waals surface area (Å²) in [7, 11) is 0. The molecule has 7 nitrogen and oxygen atoms in total. The van der Waals surface area contributed by atoms with Gasteiger partial charge in [-0.2, -0.15) is 0 Å². The predicted octanol–water partition coefficient (Wildman–Crippen LogP) is 3.75. The Labute approximate surface area is 174 Å². The second-order valence-corrected chi connectivity index (χ2v) is 6.83. The number of ether oxygens (including phenoxy) is 3. The minimum absolute atomic E-state index is 0.207. The second kappa shape index (κ2) is 10.0. The fourth-order valence-corrected chi connectivity index (χ4v) is 3.05. The van der Waals surface area contributed by atoms with Crippen LogP contribution in [0.25, 0.3) is 0 Å². The third kappa shape index (κ3) is 5.77. The average molecular weight is 419 g/mol. The molecule has 1 amide bonds. The van der Waals surface area contributed by atoms with Gasteiger partial charge in [0.25, 0.3) is 5.91 Å². The molecule has 0 fully saturated rings. The summed E-state index contributed by atoms with van der Waals surface area (Å²) < 4.78 is 15.6. The van der Waals surface area contributed by atoms with E-state index in [1.165, 1.54) is 0 Å². The van der Waals surface area contributed by atoms with Gasteiger partial charge in [0.15, 0.2) is 11.5 Å². The minimum atomic E-state index is -0.252. The van der Waals surface area contributed by atoms with E-state index in [-0.39, 0.29) is 18.7 Å². The topological polar surface area (TPSA) is 85.9 Å². The molecule has 2 N–H and O–H groups in total. The zero-order valence-corrected chi connectivity index (χ0v) is 16.9. The van der Waals surface area contributed by atoms with Crippen molar-refractivity contribution >= 4 is 29.2 Å². The monoisotopic (exact) mass is 418 g/mol. The maximum atomic E-state index is 12.7. The molecule has 0 aliphatic carbocycles. The molecule has 1 heterocycles. The van der Waals surface area contributed by atoms with Gasteiger partial charge in [0.2, 0.25) is 6.79 Å². The van der Waals surface area contributed by atoms with Gasteiger partial charge in [-0.25, -0.2) is 0 Å². The van der Waals surface area contributed by atoms with Gasteiger partial charge < -0.3 is 24.8 Å². The van der Waals surface area contributed by atoms with E-state index in [0.717, 1.165) is 5.56 Å². The Morgan fingerprint density at radius 1 is 1.14 bits per heavy atom. The normalized spacial score (nSPS) is 11.8. The van der Waals surface area contributed by atoms with Crippen LogP contribution in [0, 0.1) is 0 Å². The quantitative estimate of drug-likeness (QED) is 0.476. The fraction of sp³-hybridized carbons (Fsp3) is 0.333. The highest BCUT2D eigenvalue weighted by Crippen LogP contribution is 2.32. The third-order valence-electron chi connectivity index (χ3n) is 4.29. The van der Waals surface area contributed by atoms with Crippen LogP contribution in [-0.4, -0.2) is 31.8 Å². The van der Waals surface area contributed by atoms with E-state index in [1.54, 1.807) is 25.1 Å². The van der Waals surface area contributed by atoms with E-state index in [9.17, 15) is 9.59 Å². The molecule has 154 valence electrons. The van der Waals surface area contributed by atoms with Gasteiger partial charge in [0, 0.05) is 30.2 Å². The average Bonchev–Trinajstić information content (AvgIpc) is 3.18. The molecule has 0 radical (unpaired) electrons. The molecule has 0 unspecified atom stereocenters. The van der Waals surface area contributed by atoms with Crippen molar-refractivity contribution in [3.05, 3.63) is 52.5 Å². The molecule has 2 aromatic carbocycles. The van der Waals surface area contributed by atoms with E-state index in [4.69, 9.17) is 25.8 Å². The number of amides is 1. The third-order valence-corrected chi connectivity index (χ3v) is 4.53. The maximum Gasteiger partial charge on any atom is 0.305 e. The van der Waals surface area contributed by atoms with Gasteiger partial charge in [-0.1, -0.05) is 17.7 Å². The van der Waals surface area contributed by atoms with E-state index < -0.39 is 0 Å². The van der Waals surface area contributed by atoms with Crippen LogP contribution in [-0.2, 0) is 16.1 Å². The van der Waals surface area contributed by atoms with Crippen LogP contribution in [0.5, 0.6) is 11.5 Å². The van der Waals surface area contributed by atoms with Crippen molar-refractivity contribution in [3.8, 4) is 11.5 Å². The summed E-state index contributed by atoms with van der Waals surface area (Å²) in [5, 5.41) is 6.55. The first-order valence-corrected chi connectivity index (χ1v) is 9.80. The number of hydrogen-bond donors (Lipinski definition) is 2. The Hall–Kier alpha value is -2.93. The zero-order chi connectivity index (χ0) is 20.6. The molecule has 0 atom stereocenters. The maximum absolute atomic E-state index is 12.7. The van der Waals surface area contributed by atoms with Gasteiger partial charge >= 0.3 is 5.97 Å². The van der Waals surface area contributed by atoms with Crippen LogP contribution < -0.4 is 20.1 Å². The molecule has 8 heteroatoms. The van der Waals surface area contributed by atoms with Crippen LogP contribution in [0.2, 0.25) is 5.02 Å². The number of anilines is 1. The lowest BCUT2D eigenvalue weighted by molar-refractivity contribution is -0.143. The van der Waals surface area contributed by atoms with Gasteiger partial charge in [0.05, 0.1) is 12.2 Å². The first-order chi connectivity index (χ1) is 14.1. The molecule has 0 spiro atoms. The number of carbonyl (C=O) groups excluding carboxylic acids is 2. The molecule has 0 aromatic heterocycles. The highest BCUT2D eigenvalue weighted by atomic mass is 35.5. The molecular formula is C21H23ClN2O5. The Bertz CT molecular complexity index is 887. The van der Waals surface area contributed by atoms with Crippen molar-refractivity contribution in [2.75, 3.05) is 25.3 Å². The van der Waals surface area contributed by atoms with E-state index >= 15 is 0 Å². The van der Waals surface area contributed by atoms with Gasteiger partial charge in [-0.15, -0.1) is 0 Å². The lowest BCUT2D eigenvalue weighted by Crippen LogP contribution is -2.24. The molecule has 1 aliphatic heterocycles. The van der Waals surface area contributed by atoms with Crippen LogP contribution in [0.1, 0.15) is 35.7 Å². The van der Waals surface area contributed by atoms with Crippen LogP contribution in [0.4, 0.5) is 5.69 Å². The van der Waals surface area contributed by atoms with Crippen molar-refractivity contribution in [1.82, 2.24) is 5.32 Å². The number of halogens is 1. The first kappa shape index (κ1) is 20.8. The summed E-state index contributed by atoms with van der Waals surface area (Å²) in [5.74, 6) is 0.887. The number of carbonyl (C=O) groups is 2. The van der Waals surface area contributed by atoms with E-state index in [1.807, 2.05) is 18.2 Å². The number of hydrogen-bond acceptors (Lipinski definition) is 6. The first-order valence-electron chi connectivity index (χ1n) is 9.42. The Balaban J connectivity index is 1.57. The Kier molecular flexibility index (Phi) is 7.19. The summed E-state index contributed by atoms with van der Waals surface area (Å²) in [5.41, 5.74) is 1.99. The molecule has 2 aromatic rings. The lowest BCUT2D eigenvalue weighted by Gasteiger charge is -2.13. The summed E-state index contributed by atoms with van der Waals surface area (Å²) in [6.45, 7) is 3.22. The molecular weight excluding hydrogens is 396 g/mol. The van der Waals surface area contributed by atoms with Gasteiger partial charge in [0.1, 0.15) is 0 Å². The lowest BCUT2D eigenvalue weighted by atomic mass is 10.1. The number of rotatable bonds is 9. The Morgan fingerprint density at radius 2 is 1.97 bits per heavy atom. The van der Waals surface area contributed by atoms with Gasteiger partial charge in [-0.3, -0.25) is 9.59 Å². The van der Waals surface area contributed by atoms with Crippen molar-refractivity contribution in [1.29, 1.82) is 0 Å². The molecule has 1 aliphatic rings. The zero-order valence-electron chi connectivity index (χ0n) is 16.1. The molecule has 29 heavy (non-hydrogen) atoms. The van der Waals surface area contributed by atoms with Crippen LogP contribution >= 0.6 is 11.6 Å². The van der Waals surface area contributed by atoms with E-state index in [0.29, 0.717) is 60.3 Å². The van der Waals surface area contributed by atoms with Crippen molar-refractivity contribution in [2.45, 2.75) is 26.3 Å². The second-order valence-electron chi connectivity index (χ2n) is 6.40. The summed E-state index contributed by atoms with van der Waals surface area (Å²) in [6, 6.07) is 10.6. The van der Waals surface area contributed by atoms with Crippen molar-refractivity contribution in [3.63, 3.8) is 0 Å². The number of fused-ring (bicyclic) bond motifs is 1. The van der Waals surface area contributed by atoms with Gasteiger partial charge in [-0.05, 0) is 49.2 Å². The highest BCUT2D eigenvalue weighted by molar-refractivity contribution is 6.31. The molecule has 0 saturated heterocycles. The van der Waals surface area contributed by atoms with Crippen molar-refractivity contribution in [2.24, 2.45) is 0 Å². The summed E-state index contributed by atoms with van der Waals surface area (Å²) in [6.07, 6.45) is 0.916. The summed E-state index contributed by atoms with van der Waals surface area (Å²) >= 11 is 6.08. The van der Waals surface area contributed by atoms with Crippen LogP contribution in [0.3, 0.4) is 0 Å². The molecule has 0 bridgehead atoms. The number of nitrogens with one attached hydrogen (secondary N) is 2. The number of benzene rings is 2. The fourth-order valence-electron chi connectivity index (χ4n) is 2.88. The SMILES string of the molecule is CCOC(=O)CCCNc1ccc(Cl)cc1C(=O)NCc1ccc2c(c1)OCO2. The highest BCUT2D eigenvalue weighted by Gasteiger charge is 2.15. The number of esters is 1. The largest absolute Gasteiger partial charge is 0.466 e. The Morgan fingerprint density at radius 3 is 2.79 bits per heavy atom. The van der Waals surface area contributed by atoms with Crippen molar-refractivity contribution < 1.29 is 23.8 Å². The van der Waals surface area contributed by atoms with E-state index in [2.05, 4.69) is 10.6 Å². The van der Waals surface area contributed by atoms with Crippen LogP contribution in [0.15, 0.2) is 36.4 Å². The standard InChI is InChI=1S/C21H23ClN2O5/c1-2-27-20(25)4-3-9-23-17-7-6-15(22)11-16(17)21(26)24-12-14-5-8-18-19(10-14)29-13-28-18/h5-8,10-11,23H,2-4,9,12-13H2,1H3,(H,24,26). The smallest absolute Gasteiger partial charge is 0.305 e.